The van der Waals surface area contributed by atoms with E-state index in [9.17, 15) is 18.5 Å². The third-order valence-electron chi connectivity index (χ3n) is 2.58. The highest BCUT2D eigenvalue weighted by molar-refractivity contribution is 7.90. The summed E-state index contributed by atoms with van der Waals surface area (Å²) in [4.78, 5) is 13.4. The Morgan fingerprint density at radius 1 is 1.30 bits per heavy atom. The van der Waals surface area contributed by atoms with Crippen LogP contribution >= 0.6 is 0 Å². The van der Waals surface area contributed by atoms with Crippen LogP contribution in [0, 0.1) is 17.0 Å². The SMILES string of the molecule is Cc1ccc(S(=O)(=O)n2cncc2C=C[N+](=O)[O-])cc1. The van der Waals surface area contributed by atoms with Gasteiger partial charge in [-0.2, -0.15) is 0 Å². The van der Waals surface area contributed by atoms with Crippen LogP contribution in [-0.4, -0.2) is 22.3 Å². The molecule has 0 spiro atoms. The van der Waals surface area contributed by atoms with Crippen molar-refractivity contribution in [2.75, 3.05) is 0 Å². The third-order valence-corrected chi connectivity index (χ3v) is 4.27. The van der Waals surface area contributed by atoms with Gasteiger partial charge in [-0.05, 0) is 19.1 Å². The predicted octanol–water partition coefficient (Wildman–Crippen LogP) is 1.68. The average Bonchev–Trinajstić information content (AvgIpc) is 2.86. The molecule has 20 heavy (non-hydrogen) atoms. The van der Waals surface area contributed by atoms with Gasteiger partial charge in [0.1, 0.15) is 6.33 Å². The number of hydrogen-bond acceptors (Lipinski definition) is 5. The van der Waals surface area contributed by atoms with E-state index in [2.05, 4.69) is 4.98 Å². The fraction of sp³-hybridized carbons (Fsp3) is 0.0833. The molecule has 104 valence electrons. The highest BCUT2D eigenvalue weighted by Crippen LogP contribution is 2.17. The van der Waals surface area contributed by atoms with E-state index in [4.69, 9.17) is 0 Å². The third kappa shape index (κ3) is 2.75. The molecular weight excluding hydrogens is 282 g/mol. The molecule has 8 heteroatoms. The van der Waals surface area contributed by atoms with Crippen molar-refractivity contribution >= 4 is 16.1 Å². The Labute approximate surface area is 115 Å². The number of nitro groups is 1. The van der Waals surface area contributed by atoms with E-state index in [1.54, 1.807) is 12.1 Å². The van der Waals surface area contributed by atoms with Gasteiger partial charge < -0.3 is 0 Å². The first-order valence-corrected chi connectivity index (χ1v) is 7.01. The van der Waals surface area contributed by atoms with E-state index < -0.39 is 14.9 Å². The monoisotopic (exact) mass is 293 g/mol. The minimum absolute atomic E-state index is 0.0943. The molecule has 0 N–H and O–H groups in total. The fourth-order valence-electron chi connectivity index (χ4n) is 1.57. The lowest BCUT2D eigenvalue weighted by molar-refractivity contribution is -0.401. The van der Waals surface area contributed by atoms with Crippen molar-refractivity contribution in [3.63, 3.8) is 0 Å². The number of aryl methyl sites for hydroxylation is 1. The topological polar surface area (TPSA) is 95.1 Å². The quantitative estimate of drug-likeness (QED) is 0.631. The van der Waals surface area contributed by atoms with E-state index in [0.29, 0.717) is 6.20 Å². The van der Waals surface area contributed by atoms with E-state index >= 15 is 0 Å². The van der Waals surface area contributed by atoms with Gasteiger partial charge in [0.2, 0.25) is 6.20 Å². The highest BCUT2D eigenvalue weighted by atomic mass is 32.2. The first kappa shape index (κ1) is 13.9. The predicted molar refractivity (Wildman–Crippen MR) is 72.0 cm³/mol. The first-order chi connectivity index (χ1) is 9.41. The van der Waals surface area contributed by atoms with Crippen molar-refractivity contribution in [1.29, 1.82) is 0 Å². The van der Waals surface area contributed by atoms with Gasteiger partial charge in [0, 0.05) is 6.08 Å². The zero-order valence-electron chi connectivity index (χ0n) is 10.5. The summed E-state index contributed by atoms with van der Waals surface area (Å²) in [6.07, 6.45) is 4.09. The Bertz CT molecular complexity index is 760. The summed E-state index contributed by atoms with van der Waals surface area (Å²) >= 11 is 0. The summed E-state index contributed by atoms with van der Waals surface area (Å²) in [5, 5.41) is 10.3. The molecule has 0 aliphatic carbocycles. The molecule has 7 nitrogen and oxygen atoms in total. The Kier molecular flexibility index (Phi) is 3.66. The lowest BCUT2D eigenvalue weighted by atomic mass is 10.2. The van der Waals surface area contributed by atoms with Crippen molar-refractivity contribution in [3.8, 4) is 0 Å². The van der Waals surface area contributed by atoms with E-state index in [1.807, 2.05) is 6.92 Å². The summed E-state index contributed by atoms with van der Waals surface area (Å²) in [6.45, 7) is 1.85. The van der Waals surface area contributed by atoms with E-state index in [1.165, 1.54) is 18.3 Å². The molecule has 0 unspecified atom stereocenters. The van der Waals surface area contributed by atoms with Crippen molar-refractivity contribution in [2.45, 2.75) is 11.8 Å². The minimum Gasteiger partial charge on any atom is -0.259 e. The Balaban J connectivity index is 2.48. The van der Waals surface area contributed by atoms with Gasteiger partial charge in [0.25, 0.3) is 10.0 Å². The highest BCUT2D eigenvalue weighted by Gasteiger charge is 2.19. The molecule has 0 amide bonds. The first-order valence-electron chi connectivity index (χ1n) is 5.57. The second kappa shape index (κ2) is 5.25. The molecule has 0 bridgehead atoms. The summed E-state index contributed by atoms with van der Waals surface area (Å²) in [5.41, 5.74) is 1.05. The molecule has 0 saturated carbocycles. The Morgan fingerprint density at radius 2 is 1.95 bits per heavy atom. The molecule has 2 rings (SSSR count). The number of aromatic nitrogens is 2. The normalized spacial score (nSPS) is 11.8. The molecule has 0 radical (unpaired) electrons. The molecule has 1 aromatic heterocycles. The van der Waals surface area contributed by atoms with Crippen LogP contribution < -0.4 is 0 Å². The summed E-state index contributed by atoms with van der Waals surface area (Å²) in [6, 6.07) is 6.31. The summed E-state index contributed by atoms with van der Waals surface area (Å²) in [7, 11) is -3.81. The van der Waals surface area contributed by atoms with Crippen LogP contribution in [0.2, 0.25) is 0 Å². The molecule has 0 atom stereocenters. The second-order valence-electron chi connectivity index (χ2n) is 4.03. The van der Waals surface area contributed by atoms with Gasteiger partial charge in [0.15, 0.2) is 0 Å². The van der Waals surface area contributed by atoms with Crippen LogP contribution in [0.25, 0.3) is 6.08 Å². The van der Waals surface area contributed by atoms with Gasteiger partial charge in [-0.15, -0.1) is 0 Å². The van der Waals surface area contributed by atoms with Gasteiger partial charge in [-0.1, -0.05) is 17.7 Å². The molecular formula is C12H11N3O4S. The van der Waals surface area contributed by atoms with Gasteiger partial charge >= 0.3 is 0 Å². The number of hydrogen-bond donors (Lipinski definition) is 0. The smallest absolute Gasteiger partial charge is 0.259 e. The number of nitrogens with zero attached hydrogens (tertiary/aromatic N) is 3. The molecule has 0 aliphatic rings. The average molecular weight is 293 g/mol. The van der Waals surface area contributed by atoms with Crippen molar-refractivity contribution < 1.29 is 13.3 Å². The van der Waals surface area contributed by atoms with Crippen molar-refractivity contribution in [2.24, 2.45) is 0 Å². The van der Waals surface area contributed by atoms with Gasteiger partial charge in [0.05, 0.1) is 21.7 Å². The lowest BCUT2D eigenvalue weighted by Crippen LogP contribution is -2.13. The zero-order valence-corrected chi connectivity index (χ0v) is 11.3. The minimum atomic E-state index is -3.81. The Hall–Kier alpha value is -2.48. The van der Waals surface area contributed by atoms with Gasteiger partial charge in [-0.3, -0.25) is 10.1 Å². The maximum atomic E-state index is 12.4. The molecule has 0 aliphatic heterocycles. The van der Waals surface area contributed by atoms with Crippen LogP contribution in [0.15, 0.2) is 47.9 Å². The number of rotatable bonds is 4. The van der Waals surface area contributed by atoms with Crippen LogP contribution in [0.1, 0.15) is 11.3 Å². The lowest BCUT2D eigenvalue weighted by Gasteiger charge is -2.07. The van der Waals surface area contributed by atoms with Crippen molar-refractivity contribution in [1.82, 2.24) is 8.96 Å². The van der Waals surface area contributed by atoms with Crippen LogP contribution in [-0.2, 0) is 10.0 Å². The molecule has 1 heterocycles. The molecule has 0 saturated heterocycles. The number of imidazole rings is 1. The maximum Gasteiger partial charge on any atom is 0.269 e. The fourth-order valence-corrected chi connectivity index (χ4v) is 2.84. The Morgan fingerprint density at radius 3 is 2.55 bits per heavy atom. The molecule has 1 aromatic carbocycles. The van der Waals surface area contributed by atoms with Crippen molar-refractivity contribution in [3.05, 3.63) is 64.4 Å². The number of benzene rings is 1. The largest absolute Gasteiger partial charge is 0.269 e. The molecule has 2 aromatic rings. The van der Waals surface area contributed by atoms with E-state index in [0.717, 1.165) is 21.9 Å². The van der Waals surface area contributed by atoms with Crippen LogP contribution in [0.4, 0.5) is 0 Å². The van der Waals surface area contributed by atoms with Crippen LogP contribution in [0.5, 0.6) is 0 Å². The zero-order chi connectivity index (χ0) is 14.8. The van der Waals surface area contributed by atoms with Crippen LogP contribution in [0.3, 0.4) is 0 Å². The summed E-state index contributed by atoms with van der Waals surface area (Å²) < 4.78 is 25.7. The molecule has 0 fully saturated rings. The van der Waals surface area contributed by atoms with Gasteiger partial charge in [-0.25, -0.2) is 17.4 Å². The standard InChI is InChI=1S/C12H11N3O4S/c1-10-2-4-12(5-3-10)20(18,19)14-9-13-8-11(14)6-7-15(16)17/h2-9H,1H3. The summed E-state index contributed by atoms with van der Waals surface area (Å²) in [5.74, 6) is 0. The maximum absolute atomic E-state index is 12.4. The van der Waals surface area contributed by atoms with E-state index in [-0.39, 0.29) is 10.6 Å². The second-order valence-corrected chi connectivity index (χ2v) is 5.85.